The van der Waals surface area contributed by atoms with Crippen LogP contribution in [0.15, 0.2) is 12.1 Å². The number of fused-ring (bicyclic) bond motifs is 1. The summed E-state index contributed by atoms with van der Waals surface area (Å²) in [7, 11) is 0. The highest BCUT2D eigenvalue weighted by Gasteiger charge is 2.15. The zero-order valence-corrected chi connectivity index (χ0v) is 8.36. The molecular formula is C10H12N2O3. The minimum atomic E-state index is -0.895. The Morgan fingerprint density at radius 1 is 1.60 bits per heavy atom. The van der Waals surface area contributed by atoms with E-state index in [0.717, 1.165) is 11.3 Å². The molecule has 0 fully saturated rings. The minimum Gasteiger partial charge on any atom is -0.480 e. The molecule has 0 saturated carbocycles. The van der Waals surface area contributed by atoms with Gasteiger partial charge in [-0.15, -0.1) is 0 Å². The Morgan fingerprint density at radius 3 is 3.13 bits per heavy atom. The molecule has 0 amide bonds. The molecule has 1 atom stereocenters. The molecule has 2 N–H and O–H groups in total. The number of carbonyl (C=O) groups is 1. The first-order valence-electron chi connectivity index (χ1n) is 4.72. The molecule has 2 heterocycles. The molecule has 1 aromatic heterocycles. The van der Waals surface area contributed by atoms with Crippen LogP contribution in [0.5, 0.6) is 0 Å². The Labute approximate surface area is 87.1 Å². The van der Waals surface area contributed by atoms with Crippen LogP contribution in [0.1, 0.15) is 18.2 Å². The predicted octanol–water partition coefficient (Wildman–Crippen LogP) is 0.997. The number of aromatic nitrogens is 1. The quantitative estimate of drug-likeness (QED) is 0.775. The van der Waals surface area contributed by atoms with Crippen molar-refractivity contribution in [2.75, 3.05) is 5.32 Å². The van der Waals surface area contributed by atoms with E-state index in [4.69, 9.17) is 9.84 Å². The van der Waals surface area contributed by atoms with Gasteiger partial charge >= 0.3 is 5.97 Å². The number of ether oxygens (including phenoxy) is 1. The second-order valence-corrected chi connectivity index (χ2v) is 3.50. The second kappa shape index (κ2) is 3.86. The molecule has 1 aromatic rings. The van der Waals surface area contributed by atoms with E-state index in [0.29, 0.717) is 19.0 Å². The maximum atomic E-state index is 10.6. The number of nitrogens with one attached hydrogen (secondary N) is 1. The number of pyridine rings is 1. The summed E-state index contributed by atoms with van der Waals surface area (Å²) in [6.07, 6.45) is 0. The van der Waals surface area contributed by atoms with Crippen molar-refractivity contribution in [1.29, 1.82) is 0 Å². The van der Waals surface area contributed by atoms with Gasteiger partial charge in [-0.05, 0) is 13.0 Å². The Hall–Kier alpha value is -1.62. The van der Waals surface area contributed by atoms with Crippen LogP contribution < -0.4 is 5.32 Å². The highest BCUT2D eigenvalue weighted by Crippen LogP contribution is 2.19. The van der Waals surface area contributed by atoms with Crippen LogP contribution in [-0.2, 0) is 22.7 Å². The average Bonchev–Trinajstić information content (AvgIpc) is 2.64. The maximum absolute atomic E-state index is 10.6. The fraction of sp³-hybridized carbons (Fsp3) is 0.400. The van der Waals surface area contributed by atoms with E-state index in [2.05, 4.69) is 10.3 Å². The average molecular weight is 208 g/mol. The standard InChI is InChI=1S/C10H12N2O3/c1-6(10(13)14)11-9-3-2-7-4-15-5-8(7)12-9/h2-3,6H,4-5H2,1H3,(H,11,12)(H,13,14). The SMILES string of the molecule is CC(Nc1ccc2c(n1)COC2)C(=O)O. The maximum Gasteiger partial charge on any atom is 0.325 e. The molecule has 80 valence electrons. The van der Waals surface area contributed by atoms with Crippen LogP contribution in [0.25, 0.3) is 0 Å². The first kappa shape index (κ1) is 9.92. The van der Waals surface area contributed by atoms with Crippen molar-refractivity contribution in [1.82, 2.24) is 4.98 Å². The number of carboxylic acids is 1. The molecule has 0 saturated heterocycles. The third kappa shape index (κ3) is 2.07. The van der Waals surface area contributed by atoms with Crippen LogP contribution in [0, 0.1) is 0 Å². The number of aliphatic carboxylic acids is 1. The topological polar surface area (TPSA) is 71.5 Å². The van der Waals surface area contributed by atoms with Gasteiger partial charge in [-0.2, -0.15) is 0 Å². The zero-order chi connectivity index (χ0) is 10.8. The van der Waals surface area contributed by atoms with Gasteiger partial charge in [0, 0.05) is 5.56 Å². The number of anilines is 1. The van der Waals surface area contributed by atoms with Gasteiger partial charge in [0.05, 0.1) is 18.9 Å². The molecule has 1 aliphatic heterocycles. The lowest BCUT2D eigenvalue weighted by Crippen LogP contribution is -2.25. The third-order valence-corrected chi connectivity index (χ3v) is 2.30. The highest BCUT2D eigenvalue weighted by molar-refractivity contribution is 5.76. The summed E-state index contributed by atoms with van der Waals surface area (Å²) in [6.45, 7) is 2.68. The van der Waals surface area contributed by atoms with Gasteiger partial charge in [-0.1, -0.05) is 6.07 Å². The van der Waals surface area contributed by atoms with Crippen molar-refractivity contribution in [2.45, 2.75) is 26.2 Å². The molecule has 5 nitrogen and oxygen atoms in total. The van der Waals surface area contributed by atoms with E-state index in [-0.39, 0.29) is 0 Å². The van der Waals surface area contributed by atoms with E-state index >= 15 is 0 Å². The monoisotopic (exact) mass is 208 g/mol. The van der Waals surface area contributed by atoms with Crippen LogP contribution in [0.3, 0.4) is 0 Å². The first-order chi connectivity index (χ1) is 7.16. The summed E-state index contributed by atoms with van der Waals surface area (Å²) in [5, 5.41) is 11.5. The lowest BCUT2D eigenvalue weighted by atomic mass is 10.2. The number of rotatable bonds is 3. The van der Waals surface area contributed by atoms with Gasteiger partial charge in [0.25, 0.3) is 0 Å². The van der Waals surface area contributed by atoms with Gasteiger partial charge in [-0.3, -0.25) is 4.79 Å². The summed E-state index contributed by atoms with van der Waals surface area (Å²) in [6, 6.07) is 3.04. The summed E-state index contributed by atoms with van der Waals surface area (Å²) in [4.78, 5) is 14.9. The van der Waals surface area contributed by atoms with Crippen molar-refractivity contribution in [3.8, 4) is 0 Å². The largest absolute Gasteiger partial charge is 0.480 e. The van der Waals surface area contributed by atoms with Crippen molar-refractivity contribution < 1.29 is 14.6 Å². The van der Waals surface area contributed by atoms with Crippen LogP contribution in [0.2, 0.25) is 0 Å². The second-order valence-electron chi connectivity index (χ2n) is 3.50. The van der Waals surface area contributed by atoms with Gasteiger partial charge < -0.3 is 15.2 Å². The van der Waals surface area contributed by atoms with Crippen molar-refractivity contribution in [3.63, 3.8) is 0 Å². The van der Waals surface area contributed by atoms with E-state index in [1.165, 1.54) is 0 Å². The Kier molecular flexibility index (Phi) is 2.55. The third-order valence-electron chi connectivity index (χ3n) is 2.30. The summed E-state index contributed by atoms with van der Waals surface area (Å²) in [5.41, 5.74) is 1.96. The Bertz CT molecular complexity index is 392. The molecule has 1 unspecified atom stereocenters. The molecular weight excluding hydrogens is 196 g/mol. The molecule has 5 heteroatoms. The van der Waals surface area contributed by atoms with E-state index in [1.54, 1.807) is 13.0 Å². The van der Waals surface area contributed by atoms with Crippen molar-refractivity contribution in [3.05, 3.63) is 23.4 Å². The normalized spacial score (nSPS) is 15.8. The van der Waals surface area contributed by atoms with E-state index in [1.807, 2.05) is 6.07 Å². The van der Waals surface area contributed by atoms with Gasteiger partial charge in [0.2, 0.25) is 0 Å². The smallest absolute Gasteiger partial charge is 0.325 e. The first-order valence-corrected chi connectivity index (χ1v) is 4.72. The van der Waals surface area contributed by atoms with Crippen LogP contribution >= 0.6 is 0 Å². The molecule has 2 rings (SSSR count). The molecule has 0 spiro atoms. The molecule has 0 aliphatic carbocycles. The van der Waals surface area contributed by atoms with Gasteiger partial charge in [-0.25, -0.2) is 4.98 Å². The molecule has 0 radical (unpaired) electrons. The molecule has 0 aromatic carbocycles. The Morgan fingerprint density at radius 2 is 2.40 bits per heavy atom. The number of nitrogens with zero attached hydrogens (tertiary/aromatic N) is 1. The predicted molar refractivity (Wildman–Crippen MR) is 53.5 cm³/mol. The Balaban J connectivity index is 2.13. The van der Waals surface area contributed by atoms with Crippen LogP contribution in [0.4, 0.5) is 5.82 Å². The lowest BCUT2D eigenvalue weighted by molar-refractivity contribution is -0.137. The van der Waals surface area contributed by atoms with Crippen molar-refractivity contribution in [2.24, 2.45) is 0 Å². The van der Waals surface area contributed by atoms with E-state index in [9.17, 15) is 4.79 Å². The van der Waals surface area contributed by atoms with Crippen LogP contribution in [-0.4, -0.2) is 22.1 Å². The fourth-order valence-electron chi connectivity index (χ4n) is 1.41. The lowest BCUT2D eigenvalue weighted by Gasteiger charge is -2.10. The fourth-order valence-corrected chi connectivity index (χ4v) is 1.41. The van der Waals surface area contributed by atoms with E-state index < -0.39 is 12.0 Å². The molecule has 0 bridgehead atoms. The molecule has 15 heavy (non-hydrogen) atoms. The number of carboxylic acid groups (broad SMARTS) is 1. The summed E-state index contributed by atoms with van der Waals surface area (Å²) >= 11 is 0. The summed E-state index contributed by atoms with van der Waals surface area (Å²) < 4.78 is 5.22. The van der Waals surface area contributed by atoms with Gasteiger partial charge in [0.1, 0.15) is 11.9 Å². The number of hydrogen-bond donors (Lipinski definition) is 2. The highest BCUT2D eigenvalue weighted by atomic mass is 16.5. The van der Waals surface area contributed by atoms with Crippen molar-refractivity contribution >= 4 is 11.8 Å². The minimum absolute atomic E-state index is 0.506. The number of hydrogen-bond acceptors (Lipinski definition) is 4. The zero-order valence-electron chi connectivity index (χ0n) is 8.36. The summed E-state index contributed by atoms with van der Waals surface area (Å²) in [5.74, 6) is -0.317. The molecule has 1 aliphatic rings. The van der Waals surface area contributed by atoms with Gasteiger partial charge in [0.15, 0.2) is 0 Å².